The quantitative estimate of drug-likeness (QED) is 0.406. The highest BCUT2D eigenvalue weighted by atomic mass is 19.1. The summed E-state index contributed by atoms with van der Waals surface area (Å²) in [6, 6.07) is 10.9. The second-order valence-corrected chi connectivity index (χ2v) is 7.08. The molecule has 1 amide bonds. The van der Waals surface area contributed by atoms with Crippen molar-refractivity contribution in [3.63, 3.8) is 0 Å². The van der Waals surface area contributed by atoms with Gasteiger partial charge in [0.15, 0.2) is 5.65 Å². The van der Waals surface area contributed by atoms with E-state index in [-0.39, 0.29) is 36.2 Å². The summed E-state index contributed by atoms with van der Waals surface area (Å²) in [5.41, 5.74) is 8.49. The van der Waals surface area contributed by atoms with E-state index in [4.69, 9.17) is 10.5 Å². The lowest BCUT2D eigenvalue weighted by Gasteiger charge is -2.13. The zero-order chi connectivity index (χ0) is 22.7. The van der Waals surface area contributed by atoms with E-state index in [1.165, 1.54) is 31.4 Å². The minimum atomic E-state index is -0.829. The van der Waals surface area contributed by atoms with Gasteiger partial charge in [0.25, 0.3) is 5.91 Å². The van der Waals surface area contributed by atoms with E-state index in [9.17, 15) is 14.3 Å². The molecule has 0 unspecified atom stereocenters. The summed E-state index contributed by atoms with van der Waals surface area (Å²) in [4.78, 5) is 21.2. The molecule has 3 heterocycles. The molecule has 10 heteroatoms. The first-order valence-corrected chi connectivity index (χ1v) is 9.82. The Balaban J connectivity index is 1.48. The number of aromatic nitrogens is 4. The summed E-state index contributed by atoms with van der Waals surface area (Å²) in [5.74, 6) is -0.424. The van der Waals surface area contributed by atoms with Crippen molar-refractivity contribution in [2.75, 3.05) is 19.4 Å². The van der Waals surface area contributed by atoms with Crippen molar-refractivity contribution in [2.45, 2.75) is 12.5 Å². The van der Waals surface area contributed by atoms with Crippen LogP contribution in [0.2, 0.25) is 0 Å². The Bertz CT molecular complexity index is 1260. The number of halogens is 1. The summed E-state index contributed by atoms with van der Waals surface area (Å²) in [5, 5.41) is 17.0. The van der Waals surface area contributed by atoms with E-state index in [1.54, 1.807) is 29.0 Å². The fourth-order valence-corrected chi connectivity index (χ4v) is 3.28. The third-order valence-corrected chi connectivity index (χ3v) is 4.93. The summed E-state index contributed by atoms with van der Waals surface area (Å²) >= 11 is 0. The van der Waals surface area contributed by atoms with Gasteiger partial charge in [-0.05, 0) is 47.9 Å². The van der Waals surface area contributed by atoms with Crippen LogP contribution in [0, 0.1) is 5.82 Å². The molecule has 0 radical (unpaired) electrons. The Morgan fingerprint density at radius 2 is 2.03 bits per heavy atom. The lowest BCUT2D eigenvalue weighted by molar-refractivity contribution is 0.0939. The normalized spacial score (nSPS) is 12.0. The van der Waals surface area contributed by atoms with Gasteiger partial charge in [0.2, 0.25) is 11.8 Å². The van der Waals surface area contributed by atoms with Crippen molar-refractivity contribution in [1.29, 1.82) is 0 Å². The molecular formula is C22H21FN6O3. The predicted octanol–water partition coefficient (Wildman–Crippen LogP) is 2.37. The molecule has 4 aromatic rings. The van der Waals surface area contributed by atoms with Crippen LogP contribution in [0.3, 0.4) is 0 Å². The molecule has 164 valence electrons. The monoisotopic (exact) mass is 436 g/mol. The maximum Gasteiger partial charge on any atom is 0.256 e. The zero-order valence-corrected chi connectivity index (χ0v) is 17.2. The second-order valence-electron chi connectivity index (χ2n) is 7.08. The average Bonchev–Trinajstić information content (AvgIpc) is 3.18. The molecule has 0 spiro atoms. The number of aliphatic hydroxyl groups excluding tert-OH is 1. The average molecular weight is 436 g/mol. The van der Waals surface area contributed by atoms with Crippen LogP contribution in [-0.2, 0) is 0 Å². The van der Waals surface area contributed by atoms with Gasteiger partial charge in [0.05, 0.1) is 13.2 Å². The number of anilines is 1. The van der Waals surface area contributed by atoms with Crippen LogP contribution < -0.4 is 15.8 Å². The Kier molecular flexibility index (Phi) is 5.95. The molecule has 0 bridgehead atoms. The number of benzene rings is 1. The number of carbonyl (C=O) groups excluding carboxylic acids is 1. The number of nitrogens with two attached hydrogens (primary N) is 1. The molecule has 0 aliphatic heterocycles. The number of fused-ring (bicyclic) bond motifs is 1. The number of hydrogen-bond donors (Lipinski definition) is 3. The van der Waals surface area contributed by atoms with Crippen LogP contribution >= 0.6 is 0 Å². The molecule has 3 aromatic heterocycles. The number of nitrogens with zero attached hydrogens (tertiary/aromatic N) is 4. The van der Waals surface area contributed by atoms with Gasteiger partial charge in [0, 0.05) is 24.5 Å². The highest BCUT2D eigenvalue weighted by molar-refractivity contribution is 5.97. The Labute approximate surface area is 182 Å². The largest absolute Gasteiger partial charge is 0.480 e. The van der Waals surface area contributed by atoms with Crippen LogP contribution in [0.1, 0.15) is 28.4 Å². The number of amides is 1. The zero-order valence-electron chi connectivity index (χ0n) is 17.2. The molecule has 32 heavy (non-hydrogen) atoms. The lowest BCUT2D eigenvalue weighted by Crippen LogP contribution is -2.26. The molecule has 1 aromatic carbocycles. The summed E-state index contributed by atoms with van der Waals surface area (Å²) in [6.07, 6.45) is 2.75. The number of methoxy groups -OCH3 is 1. The SMILES string of the molecule is COc1ncc(-c2ccn3nc(N)nc3c2)cc1C(=O)NCC[C@@H](O)c1ccc(F)cc1. The number of ether oxygens (including phenoxy) is 1. The molecule has 0 saturated carbocycles. The number of rotatable bonds is 7. The number of hydrogen-bond acceptors (Lipinski definition) is 7. The highest BCUT2D eigenvalue weighted by Gasteiger charge is 2.16. The summed E-state index contributed by atoms with van der Waals surface area (Å²) < 4.78 is 19.8. The minimum absolute atomic E-state index is 0.165. The summed E-state index contributed by atoms with van der Waals surface area (Å²) in [6.45, 7) is 0.204. The van der Waals surface area contributed by atoms with Crippen molar-refractivity contribution in [3.05, 3.63) is 71.8 Å². The topological polar surface area (TPSA) is 128 Å². The van der Waals surface area contributed by atoms with Gasteiger partial charge < -0.3 is 20.9 Å². The number of nitrogen functional groups attached to an aromatic ring is 1. The number of nitrogens with one attached hydrogen (secondary N) is 1. The van der Waals surface area contributed by atoms with Gasteiger partial charge in [-0.15, -0.1) is 5.10 Å². The maximum atomic E-state index is 13.0. The molecule has 9 nitrogen and oxygen atoms in total. The first-order chi connectivity index (χ1) is 15.4. The van der Waals surface area contributed by atoms with Crippen molar-refractivity contribution in [2.24, 2.45) is 0 Å². The number of aliphatic hydroxyl groups is 1. The van der Waals surface area contributed by atoms with Gasteiger partial charge >= 0.3 is 0 Å². The van der Waals surface area contributed by atoms with E-state index in [2.05, 4.69) is 20.4 Å². The standard InChI is InChI=1S/C22H21FN6O3/c1-32-21-17(20(31)25-8-6-18(30)13-2-4-16(23)5-3-13)10-15(12-26-21)14-7-9-29-19(11-14)27-22(24)28-29/h2-5,7,9-12,18,30H,6,8H2,1H3,(H2,24,28)(H,25,31)/t18-/m1/s1. The van der Waals surface area contributed by atoms with E-state index < -0.39 is 12.0 Å². The number of carbonyl (C=O) groups is 1. The van der Waals surface area contributed by atoms with E-state index >= 15 is 0 Å². The van der Waals surface area contributed by atoms with Gasteiger partial charge in [-0.2, -0.15) is 4.98 Å². The van der Waals surface area contributed by atoms with E-state index in [1.807, 2.05) is 6.07 Å². The minimum Gasteiger partial charge on any atom is -0.480 e. The highest BCUT2D eigenvalue weighted by Crippen LogP contribution is 2.25. The molecule has 0 saturated heterocycles. The molecule has 4 rings (SSSR count). The van der Waals surface area contributed by atoms with Crippen molar-refractivity contribution < 1.29 is 19.0 Å². The molecule has 0 aliphatic carbocycles. The fourth-order valence-electron chi connectivity index (χ4n) is 3.28. The van der Waals surface area contributed by atoms with Crippen LogP contribution in [-0.4, -0.2) is 44.3 Å². The molecule has 4 N–H and O–H groups in total. The van der Waals surface area contributed by atoms with Gasteiger partial charge in [-0.3, -0.25) is 4.79 Å². The van der Waals surface area contributed by atoms with Crippen molar-refractivity contribution in [3.8, 4) is 17.0 Å². The first kappa shape index (κ1) is 21.2. The van der Waals surface area contributed by atoms with Crippen molar-refractivity contribution >= 4 is 17.5 Å². The van der Waals surface area contributed by atoms with Crippen LogP contribution in [0.25, 0.3) is 16.8 Å². The molecule has 0 fully saturated rings. The third-order valence-electron chi connectivity index (χ3n) is 4.93. The smallest absolute Gasteiger partial charge is 0.256 e. The Hall–Kier alpha value is -4.05. The molecular weight excluding hydrogens is 415 g/mol. The van der Waals surface area contributed by atoms with Crippen LogP contribution in [0.5, 0.6) is 5.88 Å². The maximum absolute atomic E-state index is 13.0. The van der Waals surface area contributed by atoms with Crippen LogP contribution in [0.15, 0.2) is 54.9 Å². The van der Waals surface area contributed by atoms with Gasteiger partial charge in [0.1, 0.15) is 11.4 Å². The fraction of sp³-hybridized carbons (Fsp3) is 0.182. The third kappa shape index (κ3) is 4.49. The molecule has 0 aliphatic rings. The van der Waals surface area contributed by atoms with Gasteiger partial charge in [-0.25, -0.2) is 13.9 Å². The summed E-state index contributed by atoms with van der Waals surface area (Å²) in [7, 11) is 1.43. The van der Waals surface area contributed by atoms with E-state index in [0.717, 1.165) is 5.56 Å². The van der Waals surface area contributed by atoms with Gasteiger partial charge in [-0.1, -0.05) is 12.1 Å². The first-order valence-electron chi connectivity index (χ1n) is 9.82. The predicted molar refractivity (Wildman–Crippen MR) is 115 cm³/mol. The van der Waals surface area contributed by atoms with E-state index in [0.29, 0.717) is 16.8 Å². The Morgan fingerprint density at radius 3 is 2.78 bits per heavy atom. The lowest BCUT2D eigenvalue weighted by atomic mass is 10.1. The number of pyridine rings is 2. The molecule has 1 atom stereocenters. The van der Waals surface area contributed by atoms with Crippen LogP contribution in [0.4, 0.5) is 10.3 Å². The second kappa shape index (κ2) is 8.98. The van der Waals surface area contributed by atoms with Crippen molar-refractivity contribution in [1.82, 2.24) is 24.9 Å². The Morgan fingerprint density at radius 1 is 1.25 bits per heavy atom.